The van der Waals surface area contributed by atoms with E-state index in [1.165, 1.54) is 0 Å². The summed E-state index contributed by atoms with van der Waals surface area (Å²) in [5.41, 5.74) is 4.55. The summed E-state index contributed by atoms with van der Waals surface area (Å²) in [6.07, 6.45) is -0.936. The third-order valence-corrected chi connectivity index (χ3v) is 2.11. The van der Waals surface area contributed by atoms with Gasteiger partial charge in [0.25, 0.3) is 10.1 Å². The Hall–Kier alpha value is -0.150. The number of primary amides is 1. The van der Waals surface area contributed by atoms with E-state index in [0.717, 1.165) is 0 Å². The van der Waals surface area contributed by atoms with Gasteiger partial charge in [0.15, 0.2) is 5.25 Å². The van der Waals surface area contributed by atoms with Gasteiger partial charge in [0.05, 0.1) is 6.42 Å². The molecule has 0 spiro atoms. The molecule has 1 unspecified atom stereocenters. The molecule has 70 valence electrons. The van der Waals surface area contributed by atoms with Crippen LogP contribution in [0.15, 0.2) is 0 Å². The summed E-state index contributed by atoms with van der Waals surface area (Å²) in [5.74, 6) is -2.92. The molecular weight excluding hydrogens is 213 g/mol. The zero-order chi connectivity index (χ0) is 9.94. The summed E-state index contributed by atoms with van der Waals surface area (Å²) in [6.45, 7) is 0. The Kier molecular flexibility index (Phi) is 6.55. The van der Waals surface area contributed by atoms with Gasteiger partial charge >= 0.3 is 35.5 Å². The van der Waals surface area contributed by atoms with E-state index in [1.54, 1.807) is 0 Å². The van der Waals surface area contributed by atoms with Gasteiger partial charge in [-0.3, -0.25) is 14.1 Å². The number of carbonyl (C=O) groups excluding carboxylic acids is 1. The molecule has 1 atom stereocenters. The number of carboxylic acids is 1. The van der Waals surface area contributed by atoms with Crippen LogP contribution >= 0.6 is 0 Å². The van der Waals surface area contributed by atoms with Crippen molar-refractivity contribution in [2.45, 2.75) is 11.7 Å². The third kappa shape index (κ3) is 5.99. The maximum atomic E-state index is 10.3. The van der Waals surface area contributed by atoms with Gasteiger partial charge in [0.1, 0.15) is 0 Å². The molecule has 0 aromatic rings. The quantitative estimate of drug-likeness (QED) is 0.321. The van der Waals surface area contributed by atoms with E-state index in [9.17, 15) is 18.0 Å². The fraction of sp³-hybridized carbons (Fsp3) is 0.500. The summed E-state index contributed by atoms with van der Waals surface area (Å²) >= 11 is 0. The number of carbonyl (C=O) groups is 2. The van der Waals surface area contributed by atoms with Crippen LogP contribution in [0.25, 0.3) is 0 Å². The van der Waals surface area contributed by atoms with E-state index < -0.39 is 33.7 Å². The Morgan fingerprint density at radius 3 is 1.85 bits per heavy atom. The molecule has 0 saturated heterocycles. The molecule has 0 rings (SSSR count). The normalized spacial score (nSPS) is 12.7. The second kappa shape index (κ2) is 5.55. The number of carboxylic acid groups (broad SMARTS) is 1. The van der Waals surface area contributed by atoms with Crippen molar-refractivity contribution in [1.82, 2.24) is 0 Å². The average Bonchev–Trinajstić information content (AvgIpc) is 1.79. The molecule has 0 fully saturated rings. The number of aliphatic carboxylic acids is 1. The van der Waals surface area contributed by atoms with Gasteiger partial charge in [-0.05, 0) is 0 Å². The van der Waals surface area contributed by atoms with Crippen molar-refractivity contribution in [1.29, 1.82) is 0 Å². The first-order valence-corrected chi connectivity index (χ1v) is 4.23. The van der Waals surface area contributed by atoms with Crippen LogP contribution in [-0.2, 0) is 19.7 Å². The summed E-state index contributed by atoms with van der Waals surface area (Å²) in [7, 11) is -4.76. The number of rotatable bonds is 4. The Morgan fingerprint density at radius 2 is 1.77 bits per heavy atom. The molecule has 1 amide bonds. The van der Waals surface area contributed by atoms with Crippen LogP contribution in [0.4, 0.5) is 0 Å². The topological polar surface area (TPSA) is 135 Å². The maximum Gasteiger partial charge on any atom is 1.00 e. The smallest absolute Gasteiger partial charge is 0.480 e. The molecule has 0 aromatic carbocycles. The Morgan fingerprint density at radius 1 is 1.38 bits per heavy atom. The van der Waals surface area contributed by atoms with Gasteiger partial charge < -0.3 is 10.8 Å². The van der Waals surface area contributed by atoms with E-state index in [4.69, 9.17) is 9.66 Å². The summed E-state index contributed by atoms with van der Waals surface area (Å²) in [6, 6.07) is 0. The van der Waals surface area contributed by atoms with Crippen LogP contribution in [0.1, 0.15) is 6.42 Å². The molecule has 0 radical (unpaired) electrons. The Labute approximate surface area is 96.3 Å². The van der Waals surface area contributed by atoms with Crippen molar-refractivity contribution in [2.24, 2.45) is 5.73 Å². The Balaban J connectivity index is 0. The zero-order valence-electron chi connectivity index (χ0n) is 6.80. The van der Waals surface area contributed by atoms with Crippen molar-refractivity contribution in [3.05, 3.63) is 0 Å². The molecule has 0 aliphatic heterocycles. The average molecular weight is 220 g/mol. The minimum Gasteiger partial charge on any atom is -0.480 e. The molecule has 9 heteroatoms. The molecule has 4 N–H and O–H groups in total. The van der Waals surface area contributed by atoms with E-state index >= 15 is 0 Å². The molecule has 0 heterocycles. The van der Waals surface area contributed by atoms with Crippen molar-refractivity contribution in [3.63, 3.8) is 0 Å². The minimum absolute atomic E-state index is 0. The van der Waals surface area contributed by atoms with Gasteiger partial charge in [-0.25, -0.2) is 0 Å². The molecule has 0 aliphatic carbocycles. The van der Waals surface area contributed by atoms with Crippen LogP contribution in [0.2, 0.25) is 0 Å². The van der Waals surface area contributed by atoms with E-state index in [0.29, 0.717) is 0 Å². The predicted molar refractivity (Wildman–Crippen MR) is 36.8 cm³/mol. The summed E-state index contributed by atoms with van der Waals surface area (Å²) in [5, 5.41) is 6.04. The third-order valence-electron chi connectivity index (χ3n) is 1.02. The molecule has 0 aliphatic rings. The number of hydrogen-bond acceptors (Lipinski definition) is 4. The van der Waals surface area contributed by atoms with E-state index in [1.807, 2.05) is 0 Å². The maximum absolute atomic E-state index is 10.3. The van der Waals surface area contributed by atoms with Gasteiger partial charge in [-0.1, -0.05) is 0 Å². The fourth-order valence-electron chi connectivity index (χ4n) is 0.503. The predicted octanol–water partition coefficient (Wildman–Crippen LogP) is -4.79. The largest absolute Gasteiger partial charge is 1.00 e. The first-order chi connectivity index (χ1) is 5.25. The van der Waals surface area contributed by atoms with Gasteiger partial charge in [-0.2, -0.15) is 8.42 Å². The van der Waals surface area contributed by atoms with Crippen LogP contribution in [0, 0.1) is 0 Å². The van der Waals surface area contributed by atoms with Crippen LogP contribution in [-0.4, -0.2) is 35.2 Å². The van der Waals surface area contributed by atoms with Crippen LogP contribution in [0.3, 0.4) is 0 Å². The molecular formula is C4H7NNaO6S+. The van der Waals surface area contributed by atoms with Crippen molar-refractivity contribution >= 4 is 22.0 Å². The monoisotopic (exact) mass is 220 g/mol. The number of nitrogens with two attached hydrogens (primary N) is 1. The minimum atomic E-state index is -4.76. The molecule has 0 bridgehead atoms. The van der Waals surface area contributed by atoms with Crippen LogP contribution in [0.5, 0.6) is 0 Å². The molecule has 13 heavy (non-hydrogen) atoms. The molecule has 0 aromatic heterocycles. The van der Waals surface area contributed by atoms with E-state index in [-0.39, 0.29) is 29.6 Å². The van der Waals surface area contributed by atoms with Gasteiger partial charge in [0, 0.05) is 0 Å². The van der Waals surface area contributed by atoms with Gasteiger partial charge in [-0.15, -0.1) is 0 Å². The van der Waals surface area contributed by atoms with Crippen molar-refractivity contribution < 1.29 is 57.2 Å². The summed E-state index contributed by atoms with van der Waals surface area (Å²) < 4.78 is 28.8. The standard InChI is InChI=1S/C4H7NO6S.Na/c5-3(6)1-2(4(7)8)12(9,10)11;/h2H,1H2,(H2,5,6)(H,7,8)(H,9,10,11);/q;+1. The first-order valence-electron chi connectivity index (χ1n) is 2.72. The fourth-order valence-corrected chi connectivity index (χ4v) is 1.13. The van der Waals surface area contributed by atoms with Crippen LogP contribution < -0.4 is 35.3 Å². The number of hydrogen-bond donors (Lipinski definition) is 3. The first kappa shape index (κ1) is 15.3. The Bertz CT molecular complexity index is 298. The van der Waals surface area contributed by atoms with Crippen molar-refractivity contribution in [2.75, 3.05) is 0 Å². The molecule has 0 saturated carbocycles. The van der Waals surface area contributed by atoms with Gasteiger partial charge in [0.2, 0.25) is 5.91 Å². The second-order valence-corrected chi connectivity index (χ2v) is 3.61. The number of amides is 1. The van der Waals surface area contributed by atoms with Crippen molar-refractivity contribution in [3.8, 4) is 0 Å². The zero-order valence-corrected chi connectivity index (χ0v) is 9.61. The second-order valence-electron chi connectivity index (χ2n) is 2.01. The summed E-state index contributed by atoms with van der Waals surface area (Å²) in [4.78, 5) is 20.3. The SMILES string of the molecule is NC(=O)CC(C(=O)O)S(=O)(=O)O.[Na+]. The molecule has 7 nitrogen and oxygen atoms in total. The van der Waals surface area contributed by atoms with E-state index in [2.05, 4.69) is 5.73 Å².